The van der Waals surface area contributed by atoms with Crippen LogP contribution in [0.5, 0.6) is 11.5 Å². The zero-order valence-corrected chi connectivity index (χ0v) is 13.7. The van der Waals surface area contributed by atoms with Gasteiger partial charge in [0.15, 0.2) is 0 Å². The fraction of sp³-hybridized carbons (Fsp3) is 0.263. The summed E-state index contributed by atoms with van der Waals surface area (Å²) in [6.45, 7) is 1.18. The van der Waals surface area contributed by atoms with Crippen LogP contribution in [0.4, 0.5) is 4.39 Å². The van der Waals surface area contributed by atoms with Gasteiger partial charge in [-0.05, 0) is 48.4 Å². The van der Waals surface area contributed by atoms with E-state index in [1.165, 1.54) is 12.1 Å². The van der Waals surface area contributed by atoms with Crippen LogP contribution in [0.1, 0.15) is 12.0 Å². The van der Waals surface area contributed by atoms with Gasteiger partial charge in [-0.3, -0.25) is 4.79 Å². The van der Waals surface area contributed by atoms with Gasteiger partial charge in [-0.25, -0.2) is 4.39 Å². The number of amides is 1. The van der Waals surface area contributed by atoms with Crippen molar-refractivity contribution in [1.29, 1.82) is 5.26 Å². The number of halogens is 1. The molecule has 2 rings (SSSR count). The standard InChI is InChI=1S/C19H19FN2O3/c20-16-4-6-17(7-5-16)24-12-13-25-18-3-1-2-15(14-18)9-11-22-19(23)8-10-21/h1-7,14H,8-9,11-13H2,(H,22,23). The Bertz CT molecular complexity index is 726. The topological polar surface area (TPSA) is 71.4 Å². The number of nitriles is 1. The first kappa shape index (κ1) is 18.3. The Kier molecular flexibility index (Phi) is 7.26. The lowest BCUT2D eigenvalue weighted by molar-refractivity contribution is -0.120. The Morgan fingerprint density at radius 2 is 1.80 bits per heavy atom. The van der Waals surface area contributed by atoms with Crippen LogP contribution in [0.25, 0.3) is 0 Å². The summed E-state index contributed by atoms with van der Waals surface area (Å²) >= 11 is 0. The SMILES string of the molecule is N#CCC(=O)NCCc1cccc(OCCOc2ccc(F)cc2)c1. The second-order valence-electron chi connectivity index (χ2n) is 5.23. The molecule has 2 aromatic rings. The second-order valence-corrected chi connectivity index (χ2v) is 5.23. The Hall–Kier alpha value is -3.07. The highest BCUT2D eigenvalue weighted by Crippen LogP contribution is 2.14. The molecule has 0 unspecified atom stereocenters. The molecule has 0 spiro atoms. The summed E-state index contributed by atoms with van der Waals surface area (Å²) in [5, 5.41) is 11.1. The number of carbonyl (C=O) groups excluding carboxylic acids is 1. The minimum atomic E-state index is -0.302. The Morgan fingerprint density at radius 3 is 2.52 bits per heavy atom. The highest BCUT2D eigenvalue weighted by molar-refractivity contribution is 5.77. The average Bonchev–Trinajstić information content (AvgIpc) is 2.61. The van der Waals surface area contributed by atoms with Gasteiger partial charge in [0.05, 0.1) is 6.07 Å². The average molecular weight is 342 g/mol. The maximum absolute atomic E-state index is 12.8. The molecule has 0 fully saturated rings. The lowest BCUT2D eigenvalue weighted by Crippen LogP contribution is -2.24. The summed E-state index contributed by atoms with van der Waals surface area (Å²) < 4.78 is 23.9. The minimum absolute atomic E-state index is 0.128. The quantitative estimate of drug-likeness (QED) is 0.711. The second kappa shape index (κ2) is 9.93. The number of hydrogen-bond donors (Lipinski definition) is 1. The minimum Gasteiger partial charge on any atom is -0.490 e. The molecule has 0 saturated carbocycles. The van der Waals surface area contributed by atoms with Gasteiger partial charge < -0.3 is 14.8 Å². The van der Waals surface area contributed by atoms with E-state index in [0.717, 1.165) is 5.56 Å². The largest absolute Gasteiger partial charge is 0.490 e. The third kappa shape index (κ3) is 6.92. The number of carbonyl (C=O) groups is 1. The molecule has 130 valence electrons. The lowest BCUT2D eigenvalue weighted by Gasteiger charge is -2.10. The summed E-state index contributed by atoms with van der Waals surface area (Å²) in [6.07, 6.45) is 0.525. The number of ether oxygens (including phenoxy) is 2. The highest BCUT2D eigenvalue weighted by Gasteiger charge is 2.01. The molecule has 0 aliphatic rings. The van der Waals surface area contributed by atoms with Crippen LogP contribution in [0, 0.1) is 17.1 Å². The van der Waals surface area contributed by atoms with E-state index in [9.17, 15) is 9.18 Å². The zero-order valence-electron chi connectivity index (χ0n) is 13.7. The predicted octanol–water partition coefficient (Wildman–Crippen LogP) is 2.86. The van der Waals surface area contributed by atoms with Crippen LogP contribution in [0.2, 0.25) is 0 Å². The van der Waals surface area contributed by atoms with E-state index in [0.29, 0.717) is 37.7 Å². The van der Waals surface area contributed by atoms with Gasteiger partial charge in [0, 0.05) is 6.54 Å². The maximum atomic E-state index is 12.8. The normalized spacial score (nSPS) is 9.92. The van der Waals surface area contributed by atoms with Crippen LogP contribution in [0.3, 0.4) is 0 Å². The van der Waals surface area contributed by atoms with E-state index < -0.39 is 0 Å². The van der Waals surface area contributed by atoms with Crippen LogP contribution in [-0.4, -0.2) is 25.7 Å². The van der Waals surface area contributed by atoms with Crippen molar-refractivity contribution in [2.75, 3.05) is 19.8 Å². The van der Waals surface area contributed by atoms with E-state index in [1.807, 2.05) is 24.3 Å². The molecule has 1 amide bonds. The summed E-state index contributed by atoms with van der Waals surface area (Å²) in [4.78, 5) is 11.2. The smallest absolute Gasteiger partial charge is 0.234 e. The van der Waals surface area contributed by atoms with Crippen molar-refractivity contribution in [1.82, 2.24) is 5.32 Å². The van der Waals surface area contributed by atoms with E-state index >= 15 is 0 Å². The lowest BCUT2D eigenvalue weighted by atomic mass is 10.1. The van der Waals surface area contributed by atoms with Gasteiger partial charge >= 0.3 is 0 Å². The molecule has 1 N–H and O–H groups in total. The third-order valence-corrected chi connectivity index (χ3v) is 3.31. The van der Waals surface area contributed by atoms with Gasteiger partial charge in [0.2, 0.25) is 5.91 Å². The Morgan fingerprint density at radius 1 is 1.08 bits per heavy atom. The van der Waals surface area contributed by atoms with Crippen molar-refractivity contribution in [3.8, 4) is 17.6 Å². The number of rotatable bonds is 9. The molecule has 0 saturated heterocycles. The molecule has 0 atom stereocenters. The van der Waals surface area contributed by atoms with Gasteiger partial charge in [0.1, 0.15) is 37.0 Å². The van der Waals surface area contributed by atoms with Crippen LogP contribution >= 0.6 is 0 Å². The summed E-state index contributed by atoms with van der Waals surface area (Å²) in [7, 11) is 0. The molecule has 0 aliphatic heterocycles. The first-order valence-electron chi connectivity index (χ1n) is 7.91. The number of nitrogens with zero attached hydrogens (tertiary/aromatic N) is 1. The molecule has 25 heavy (non-hydrogen) atoms. The van der Waals surface area contributed by atoms with Crippen molar-refractivity contribution in [3.63, 3.8) is 0 Å². The van der Waals surface area contributed by atoms with Gasteiger partial charge in [0.25, 0.3) is 0 Å². The molecular weight excluding hydrogens is 323 g/mol. The van der Waals surface area contributed by atoms with Crippen LogP contribution < -0.4 is 14.8 Å². The van der Waals surface area contributed by atoms with Crippen molar-refractivity contribution in [2.24, 2.45) is 0 Å². The van der Waals surface area contributed by atoms with E-state index in [-0.39, 0.29) is 18.1 Å². The maximum Gasteiger partial charge on any atom is 0.234 e. The Labute approximate surface area is 146 Å². The summed E-state index contributed by atoms with van der Waals surface area (Å²) in [6, 6.07) is 15.2. The molecule has 0 aromatic heterocycles. The first-order valence-corrected chi connectivity index (χ1v) is 7.91. The van der Waals surface area contributed by atoms with Crippen molar-refractivity contribution in [3.05, 3.63) is 59.9 Å². The number of nitrogens with one attached hydrogen (secondary N) is 1. The fourth-order valence-electron chi connectivity index (χ4n) is 2.12. The molecule has 0 bridgehead atoms. The molecule has 0 heterocycles. The van der Waals surface area contributed by atoms with Gasteiger partial charge in [-0.15, -0.1) is 0 Å². The molecule has 0 aliphatic carbocycles. The van der Waals surface area contributed by atoms with E-state index in [2.05, 4.69) is 5.32 Å². The summed E-state index contributed by atoms with van der Waals surface area (Å²) in [5.74, 6) is 0.729. The van der Waals surface area contributed by atoms with Crippen LogP contribution in [-0.2, 0) is 11.2 Å². The molecular formula is C19H19FN2O3. The van der Waals surface area contributed by atoms with Gasteiger partial charge in [-0.1, -0.05) is 12.1 Å². The van der Waals surface area contributed by atoms with Crippen molar-refractivity contribution >= 4 is 5.91 Å². The zero-order chi connectivity index (χ0) is 17.9. The van der Waals surface area contributed by atoms with E-state index in [4.69, 9.17) is 14.7 Å². The monoisotopic (exact) mass is 342 g/mol. The van der Waals surface area contributed by atoms with Crippen LogP contribution in [0.15, 0.2) is 48.5 Å². The molecule has 2 aromatic carbocycles. The number of hydrogen-bond acceptors (Lipinski definition) is 4. The van der Waals surface area contributed by atoms with E-state index in [1.54, 1.807) is 18.2 Å². The van der Waals surface area contributed by atoms with Crippen molar-refractivity contribution in [2.45, 2.75) is 12.8 Å². The summed E-state index contributed by atoms with van der Waals surface area (Å²) in [5.41, 5.74) is 1.02. The first-order chi connectivity index (χ1) is 12.2. The fourth-order valence-corrected chi connectivity index (χ4v) is 2.12. The molecule has 5 nitrogen and oxygen atoms in total. The highest BCUT2D eigenvalue weighted by atomic mass is 19.1. The predicted molar refractivity (Wildman–Crippen MR) is 90.8 cm³/mol. The number of benzene rings is 2. The van der Waals surface area contributed by atoms with Crippen molar-refractivity contribution < 1.29 is 18.7 Å². The van der Waals surface area contributed by atoms with Gasteiger partial charge in [-0.2, -0.15) is 5.26 Å². The molecule has 6 heteroatoms. The Balaban J connectivity index is 1.70. The molecule has 0 radical (unpaired) electrons. The third-order valence-electron chi connectivity index (χ3n) is 3.31.